The molecule has 2 unspecified atom stereocenters. The van der Waals surface area contributed by atoms with Crippen LogP contribution in [0.1, 0.15) is 41.0 Å². The average Bonchev–Trinajstić information content (AvgIpc) is 3.03. The number of esters is 1. The maximum absolute atomic E-state index is 14.8. The van der Waals surface area contributed by atoms with Gasteiger partial charge in [0.15, 0.2) is 29.0 Å². The second-order valence-corrected chi connectivity index (χ2v) is 10.9. The highest BCUT2D eigenvalue weighted by atomic mass is 35.5. The summed E-state index contributed by atoms with van der Waals surface area (Å²) in [4.78, 5) is 24.7. The molecule has 3 aromatic carbocycles. The lowest BCUT2D eigenvalue weighted by molar-refractivity contribution is -0.470. The molecule has 51 heavy (non-hydrogen) atoms. The van der Waals surface area contributed by atoms with Gasteiger partial charge in [0.2, 0.25) is 11.6 Å². The maximum Gasteiger partial charge on any atom is 0.462 e. The van der Waals surface area contributed by atoms with E-state index in [2.05, 4.69) is 9.47 Å². The number of carbonyl (C=O) groups is 2. The highest BCUT2D eigenvalue weighted by Gasteiger charge is 2.79. The Morgan fingerprint density at radius 1 is 0.765 bits per heavy atom. The molecule has 0 saturated heterocycles. The van der Waals surface area contributed by atoms with Crippen molar-refractivity contribution >= 4 is 23.4 Å². The number of halogens is 16. The molecule has 0 spiro atoms. The average molecular weight is 779 g/mol. The first-order valence-corrected chi connectivity index (χ1v) is 14.0. The van der Waals surface area contributed by atoms with Crippen LogP contribution in [-0.2, 0) is 4.74 Å². The van der Waals surface area contributed by atoms with E-state index in [-0.39, 0.29) is 35.8 Å². The van der Waals surface area contributed by atoms with E-state index in [9.17, 15) is 75.4 Å². The van der Waals surface area contributed by atoms with Crippen LogP contribution in [0.15, 0.2) is 42.5 Å². The van der Waals surface area contributed by atoms with Crippen molar-refractivity contribution < 1.29 is 89.7 Å². The van der Waals surface area contributed by atoms with E-state index >= 15 is 0 Å². The molecule has 0 radical (unpaired) electrons. The van der Waals surface area contributed by atoms with Crippen molar-refractivity contribution in [3.05, 3.63) is 81.9 Å². The number of ketones is 1. The highest BCUT2D eigenvalue weighted by molar-refractivity contribution is 6.32. The summed E-state index contributed by atoms with van der Waals surface area (Å²) in [5, 5.41) is -1.14. The Morgan fingerprint density at radius 3 is 1.80 bits per heavy atom. The van der Waals surface area contributed by atoms with Gasteiger partial charge in [-0.3, -0.25) is 9.53 Å². The summed E-state index contributed by atoms with van der Waals surface area (Å²) >= 11 is 5.71. The fourth-order valence-corrected chi connectivity index (χ4v) is 4.05. The third-order valence-corrected chi connectivity index (χ3v) is 7.24. The van der Waals surface area contributed by atoms with Gasteiger partial charge in [-0.1, -0.05) is 62.2 Å². The topological polar surface area (TPSA) is 61.8 Å². The van der Waals surface area contributed by atoms with Crippen LogP contribution in [-0.4, -0.2) is 48.6 Å². The second kappa shape index (κ2) is 14.4. The summed E-state index contributed by atoms with van der Waals surface area (Å²) in [6, 6.07) is 3.74. The monoisotopic (exact) mass is 778 g/mol. The molecule has 0 aliphatic rings. The Balaban J connectivity index is 1.88. The molecule has 0 aliphatic heterocycles. The third-order valence-electron chi connectivity index (χ3n) is 6.90. The molecule has 280 valence electrons. The first-order valence-electron chi connectivity index (χ1n) is 13.7. The SMILES string of the molecule is CCC(C)COc1c(F)c(F)c(C(=O)Oc2ccc(-c3ccc(C(=O)C(F)(OC(F)(F)C(F)(F)C(F)(F)F)C(F)(F)F)cc3)cc2F)c(F)c1Cl. The Kier molecular flexibility index (Phi) is 11.7. The van der Waals surface area contributed by atoms with Crippen molar-refractivity contribution in [2.45, 2.75) is 50.5 Å². The Morgan fingerprint density at radius 2 is 1.31 bits per heavy atom. The number of hydrogen-bond donors (Lipinski definition) is 0. The van der Waals surface area contributed by atoms with E-state index in [0.29, 0.717) is 30.7 Å². The predicted molar refractivity (Wildman–Crippen MR) is 144 cm³/mol. The van der Waals surface area contributed by atoms with Gasteiger partial charge in [0.1, 0.15) is 10.6 Å². The number of hydrogen-bond acceptors (Lipinski definition) is 5. The fourth-order valence-electron chi connectivity index (χ4n) is 3.81. The number of carbonyl (C=O) groups excluding carboxylic acids is 2. The van der Waals surface area contributed by atoms with Gasteiger partial charge in [-0.2, -0.15) is 52.7 Å². The van der Waals surface area contributed by atoms with Crippen LogP contribution in [0.3, 0.4) is 0 Å². The number of ether oxygens (including phenoxy) is 3. The van der Waals surface area contributed by atoms with Gasteiger partial charge in [-0.25, -0.2) is 18.0 Å². The molecule has 3 aromatic rings. The van der Waals surface area contributed by atoms with Gasteiger partial charge < -0.3 is 9.47 Å². The van der Waals surface area contributed by atoms with Gasteiger partial charge >= 0.3 is 36.2 Å². The first kappa shape index (κ1) is 41.2. The molecule has 0 N–H and O–H groups in total. The summed E-state index contributed by atoms with van der Waals surface area (Å²) in [5.41, 5.74) is -3.81. The quantitative estimate of drug-likeness (QED) is 0.0603. The first-order chi connectivity index (χ1) is 23.2. The molecule has 3 rings (SSSR count). The normalized spacial score (nSPS) is 14.5. The Hall–Kier alpha value is -4.20. The molecule has 0 amide bonds. The Bertz CT molecular complexity index is 1760. The molecule has 0 fully saturated rings. The standard InChI is InChI=1S/C30H18ClF15O5/c1-3-12(2)11-49-23-19(31)20(33)18(21(34)22(23)35)25(48)50-17-9-8-15(10-16(17)32)13-4-6-14(7-5-13)24(47)26(36,28(39,40)41)51-30(45,46)27(37,38)29(42,43)44/h4-10,12H,3,11H2,1-2H3. The van der Waals surface area contributed by atoms with Gasteiger partial charge in [-0.05, 0) is 29.2 Å². The molecule has 0 bridgehead atoms. The van der Waals surface area contributed by atoms with Gasteiger partial charge in [0.25, 0.3) is 0 Å². The van der Waals surface area contributed by atoms with Crippen molar-refractivity contribution in [3.8, 4) is 22.6 Å². The van der Waals surface area contributed by atoms with E-state index in [0.717, 1.165) is 6.07 Å². The van der Waals surface area contributed by atoms with Gasteiger partial charge in [-0.15, -0.1) is 0 Å². The van der Waals surface area contributed by atoms with Crippen molar-refractivity contribution in [1.29, 1.82) is 0 Å². The lowest BCUT2D eigenvalue weighted by Gasteiger charge is -2.34. The molecule has 0 aromatic heterocycles. The molecule has 0 aliphatic carbocycles. The molecule has 21 heteroatoms. The summed E-state index contributed by atoms with van der Waals surface area (Å²) in [6.07, 6.45) is -20.9. The lowest BCUT2D eigenvalue weighted by atomic mass is 9.99. The molecule has 0 saturated carbocycles. The van der Waals surface area contributed by atoms with E-state index < -0.39 is 92.9 Å². The smallest absolute Gasteiger partial charge is 0.462 e. The second-order valence-electron chi connectivity index (χ2n) is 10.5. The van der Waals surface area contributed by atoms with Crippen LogP contribution in [0.25, 0.3) is 11.1 Å². The lowest BCUT2D eigenvalue weighted by Crippen LogP contribution is -2.61. The number of rotatable bonds is 12. The summed E-state index contributed by atoms with van der Waals surface area (Å²) < 4.78 is 216. The van der Waals surface area contributed by atoms with E-state index in [1.54, 1.807) is 13.8 Å². The van der Waals surface area contributed by atoms with E-state index in [1.165, 1.54) is 0 Å². The predicted octanol–water partition coefficient (Wildman–Crippen LogP) is 10.4. The summed E-state index contributed by atoms with van der Waals surface area (Å²) in [6.45, 7) is 3.19. The van der Waals surface area contributed by atoms with E-state index in [1.807, 2.05) is 0 Å². The maximum atomic E-state index is 14.8. The van der Waals surface area contributed by atoms with Crippen LogP contribution >= 0.6 is 11.6 Å². The van der Waals surface area contributed by atoms with Crippen LogP contribution in [0.4, 0.5) is 65.9 Å². The zero-order chi connectivity index (χ0) is 39.1. The van der Waals surface area contributed by atoms with Crippen molar-refractivity contribution in [2.24, 2.45) is 5.92 Å². The molecule has 2 atom stereocenters. The zero-order valence-electron chi connectivity index (χ0n) is 25.1. The molecular weight excluding hydrogens is 761 g/mol. The van der Waals surface area contributed by atoms with Crippen molar-refractivity contribution in [3.63, 3.8) is 0 Å². The number of alkyl halides is 11. The fraction of sp³-hybridized carbons (Fsp3) is 0.333. The molecule has 5 nitrogen and oxygen atoms in total. The van der Waals surface area contributed by atoms with E-state index in [4.69, 9.17) is 16.3 Å². The zero-order valence-corrected chi connectivity index (χ0v) is 25.9. The Labute approximate surface area is 280 Å². The van der Waals surface area contributed by atoms with Crippen LogP contribution in [0, 0.1) is 29.2 Å². The van der Waals surface area contributed by atoms with Crippen molar-refractivity contribution in [2.75, 3.05) is 6.61 Å². The van der Waals surface area contributed by atoms with Gasteiger partial charge in [0.05, 0.1) is 6.61 Å². The summed E-state index contributed by atoms with van der Waals surface area (Å²) in [5.74, 6) is -28.5. The van der Waals surface area contributed by atoms with Crippen molar-refractivity contribution in [1.82, 2.24) is 0 Å². The minimum Gasteiger partial charge on any atom is -0.488 e. The highest BCUT2D eigenvalue weighted by Crippen LogP contribution is 2.51. The largest absolute Gasteiger partial charge is 0.488 e. The number of benzene rings is 3. The summed E-state index contributed by atoms with van der Waals surface area (Å²) in [7, 11) is 0. The van der Waals surface area contributed by atoms with Crippen LogP contribution in [0.2, 0.25) is 5.02 Å². The van der Waals surface area contributed by atoms with Crippen LogP contribution < -0.4 is 9.47 Å². The van der Waals surface area contributed by atoms with Crippen LogP contribution in [0.5, 0.6) is 11.5 Å². The minimum absolute atomic E-state index is 0.194. The molecular formula is C30H18ClF15O5. The number of Topliss-reactive ketones (excluding diaryl/α,β-unsaturated/α-hetero) is 1. The minimum atomic E-state index is -7.39. The van der Waals surface area contributed by atoms with Gasteiger partial charge in [0, 0.05) is 5.56 Å². The molecule has 0 heterocycles. The third kappa shape index (κ3) is 8.00.